The van der Waals surface area contributed by atoms with Gasteiger partial charge in [0.1, 0.15) is 41.3 Å². The van der Waals surface area contributed by atoms with Crippen LogP contribution < -0.4 is 37.2 Å². The number of carbonyl (C=O) groups is 9. The van der Waals surface area contributed by atoms with Gasteiger partial charge in [-0.2, -0.15) is 0 Å². The molecule has 23 nitrogen and oxygen atoms in total. The number of aliphatic carboxylic acids is 1. The number of nitrogens with zero attached hydrogens (tertiary/aromatic N) is 1. The second-order valence-corrected chi connectivity index (χ2v) is 17.3. The van der Waals surface area contributed by atoms with Gasteiger partial charge in [0.05, 0.1) is 54.9 Å². The third-order valence-electron chi connectivity index (χ3n) is 11.4. The van der Waals surface area contributed by atoms with Crippen molar-refractivity contribution < 1.29 is 67.8 Å². The van der Waals surface area contributed by atoms with Gasteiger partial charge >= 0.3 is 5.97 Å². The molecule has 3 aliphatic rings. The second-order valence-electron chi connectivity index (χ2n) is 15.9. The van der Waals surface area contributed by atoms with Crippen LogP contribution in [0.2, 0.25) is 0 Å². The van der Waals surface area contributed by atoms with E-state index >= 15 is 0 Å². The monoisotopic (exact) mass is 903 g/mol. The third-order valence-corrected chi connectivity index (χ3v) is 12.9. The molecule has 344 valence electrons. The predicted molar refractivity (Wildman–Crippen MR) is 219 cm³/mol. The molecule has 11 atom stereocenters. The highest BCUT2D eigenvalue weighted by Crippen LogP contribution is 2.28. The molecule has 2 aromatic rings. The smallest absolute Gasteiger partial charge is 0.305 e. The number of amides is 8. The lowest BCUT2D eigenvalue weighted by Crippen LogP contribution is -2.62. The van der Waals surface area contributed by atoms with Gasteiger partial charge in [-0.1, -0.05) is 45.4 Å². The number of rotatable bonds is 7. The average molecular weight is 904 g/mol. The SMILES string of the molecule is CC[C@H](C)[C@@H]1NC(=O)CNC(=O)[C@@H]2Cc3c([nH]c4ccccc34)S(=O)C[C@@H](NC(=O)CNC1=O)C(=O)N[C@@H](CC(=O)O)C(=O)N1C[C@H](O)C[C@H]1C(=O)N[C@@H]([C@@H](C)[C@@H](O)CO)C(=O)N2. The van der Waals surface area contributed by atoms with Crippen LogP contribution in [0.4, 0.5) is 0 Å². The zero-order valence-electron chi connectivity index (χ0n) is 34.7. The molecule has 12 N–H and O–H groups in total. The molecule has 0 aliphatic carbocycles. The molecule has 1 fully saturated rings. The zero-order chi connectivity index (χ0) is 46.3. The molecule has 0 saturated carbocycles. The molecule has 63 heavy (non-hydrogen) atoms. The van der Waals surface area contributed by atoms with Gasteiger partial charge in [0, 0.05) is 36.2 Å². The number of aliphatic hydroxyl groups is 3. The van der Waals surface area contributed by atoms with Crippen LogP contribution in [0.1, 0.15) is 45.6 Å². The molecule has 3 aliphatic heterocycles. The Morgan fingerprint density at radius 3 is 2.17 bits per heavy atom. The van der Waals surface area contributed by atoms with Crippen molar-refractivity contribution in [3.63, 3.8) is 0 Å². The normalized spacial score (nSPS) is 28.8. The molecular weight excluding hydrogens is 851 g/mol. The Kier molecular flexibility index (Phi) is 16.0. The fraction of sp³-hybridized carbons (Fsp3) is 0.564. The summed E-state index contributed by atoms with van der Waals surface area (Å²) in [6.07, 6.45) is -4.56. The first-order valence-electron chi connectivity index (χ1n) is 20.4. The number of hydrogen-bond acceptors (Lipinski definition) is 13. The van der Waals surface area contributed by atoms with Crippen LogP contribution in [-0.4, -0.2) is 168 Å². The van der Waals surface area contributed by atoms with E-state index in [1.165, 1.54) is 6.92 Å². The number of carbonyl (C=O) groups excluding carboxylic acids is 8. The molecule has 4 heterocycles. The first-order chi connectivity index (χ1) is 29.8. The lowest BCUT2D eigenvalue weighted by Gasteiger charge is -2.32. The highest BCUT2D eigenvalue weighted by atomic mass is 32.2. The number of hydrogen-bond donors (Lipinski definition) is 12. The average Bonchev–Trinajstić information content (AvgIpc) is 3.83. The van der Waals surface area contributed by atoms with Gasteiger partial charge < -0.3 is 67.5 Å². The van der Waals surface area contributed by atoms with Gasteiger partial charge in [-0.3, -0.25) is 47.4 Å². The number of fused-ring (bicyclic) bond motifs is 5. The van der Waals surface area contributed by atoms with Crippen LogP contribution in [0.3, 0.4) is 0 Å². The number of para-hydroxylation sites is 1. The van der Waals surface area contributed by atoms with Crippen molar-refractivity contribution in [3.8, 4) is 0 Å². The first-order valence-corrected chi connectivity index (χ1v) is 21.7. The predicted octanol–water partition coefficient (Wildman–Crippen LogP) is -5.03. The molecule has 1 saturated heterocycles. The second kappa shape index (κ2) is 20.9. The lowest BCUT2D eigenvalue weighted by molar-refractivity contribution is -0.146. The number of benzene rings is 1. The minimum absolute atomic E-state index is 0.0825. The third kappa shape index (κ3) is 11.5. The Balaban J connectivity index is 1.72. The van der Waals surface area contributed by atoms with Crippen molar-refractivity contribution >= 4 is 74.9 Å². The highest BCUT2D eigenvalue weighted by Gasteiger charge is 2.45. The number of nitrogens with one attached hydrogen (secondary N) is 8. The summed E-state index contributed by atoms with van der Waals surface area (Å²) in [5.41, 5.74) is 0.560. The Labute approximate surface area is 362 Å². The van der Waals surface area contributed by atoms with Gasteiger partial charge in [-0.05, 0) is 17.5 Å². The van der Waals surface area contributed by atoms with Crippen molar-refractivity contribution in [3.05, 3.63) is 29.8 Å². The molecule has 0 spiro atoms. The maximum absolute atomic E-state index is 14.5. The number of aliphatic hydroxyl groups excluding tert-OH is 3. The molecule has 1 aromatic heterocycles. The number of aromatic amines is 1. The summed E-state index contributed by atoms with van der Waals surface area (Å²) in [4.78, 5) is 127. The Morgan fingerprint density at radius 2 is 1.51 bits per heavy atom. The summed E-state index contributed by atoms with van der Waals surface area (Å²) in [5, 5.41) is 58.4. The van der Waals surface area contributed by atoms with Crippen molar-refractivity contribution in [1.82, 2.24) is 47.1 Å². The largest absolute Gasteiger partial charge is 0.481 e. The Bertz CT molecular complexity index is 2150. The van der Waals surface area contributed by atoms with Gasteiger partial charge in [0.15, 0.2) is 0 Å². The van der Waals surface area contributed by atoms with E-state index in [1.54, 1.807) is 38.1 Å². The van der Waals surface area contributed by atoms with Crippen molar-refractivity contribution in [2.45, 2.75) is 99.9 Å². The minimum atomic E-state index is -2.32. The van der Waals surface area contributed by atoms with Gasteiger partial charge in [-0.15, -0.1) is 0 Å². The van der Waals surface area contributed by atoms with Crippen LogP contribution in [0.5, 0.6) is 0 Å². The van der Waals surface area contributed by atoms with E-state index in [4.69, 9.17) is 0 Å². The van der Waals surface area contributed by atoms with Crippen molar-refractivity contribution in [1.29, 1.82) is 0 Å². The number of carboxylic acids is 1. The summed E-state index contributed by atoms with van der Waals surface area (Å²) in [6, 6.07) is -3.47. The van der Waals surface area contributed by atoms with Crippen molar-refractivity contribution in [2.24, 2.45) is 11.8 Å². The number of H-pyrrole nitrogens is 1. The molecule has 2 bridgehead atoms. The molecule has 1 unspecified atom stereocenters. The molecule has 5 rings (SSSR count). The van der Waals surface area contributed by atoms with E-state index in [1.807, 2.05) is 0 Å². The zero-order valence-corrected chi connectivity index (χ0v) is 35.5. The standard InChI is InChI=1S/C39H53N9O14S/c1-4-17(2)31-36(59)41-12-28(52)42-25-16-63(62)38-21(20-7-5-6-8-22(20)45-38)10-23(33(56)40-13-29(53)46-31)43-37(60)32(18(3)27(51)15-49)47-35(58)26-9-19(50)14-48(26)39(61)24(11-30(54)55)44-34(25)57/h5-8,17-19,23-27,31-32,45,49-51H,4,9-16H2,1-3H3,(H,40,56)(H,41,59)(H,42,52)(H,43,60)(H,44,57)(H,46,53)(H,47,58)(H,54,55)/t17-,18-,19+,23-,24-,25+,26-,27-,31-,32-,63?/m0/s1. The summed E-state index contributed by atoms with van der Waals surface area (Å²) in [5.74, 6) is -12.2. The van der Waals surface area contributed by atoms with E-state index < -0.39 is 176 Å². The lowest BCUT2D eigenvalue weighted by atomic mass is 9.93. The van der Waals surface area contributed by atoms with Crippen LogP contribution in [0.15, 0.2) is 29.3 Å². The number of carboxylic acid groups (broad SMARTS) is 1. The van der Waals surface area contributed by atoms with E-state index in [0.717, 1.165) is 4.90 Å². The summed E-state index contributed by atoms with van der Waals surface area (Å²) >= 11 is 0. The van der Waals surface area contributed by atoms with Crippen LogP contribution >= 0.6 is 0 Å². The van der Waals surface area contributed by atoms with Gasteiger partial charge in [0.25, 0.3) is 0 Å². The molecule has 1 aromatic carbocycles. The van der Waals surface area contributed by atoms with E-state index in [2.05, 4.69) is 42.2 Å². The minimum Gasteiger partial charge on any atom is -0.481 e. The van der Waals surface area contributed by atoms with Crippen LogP contribution in [0, 0.1) is 11.8 Å². The topological polar surface area (TPSA) is 355 Å². The maximum Gasteiger partial charge on any atom is 0.305 e. The summed E-state index contributed by atoms with van der Waals surface area (Å²) in [7, 11) is -2.32. The maximum atomic E-state index is 14.5. The van der Waals surface area contributed by atoms with E-state index in [9.17, 15) is 67.8 Å². The summed E-state index contributed by atoms with van der Waals surface area (Å²) < 4.78 is 14.5. The van der Waals surface area contributed by atoms with E-state index in [0.29, 0.717) is 17.3 Å². The fourth-order valence-electron chi connectivity index (χ4n) is 7.63. The number of aromatic nitrogens is 1. The summed E-state index contributed by atoms with van der Waals surface area (Å²) in [6.45, 7) is 1.79. The van der Waals surface area contributed by atoms with Gasteiger partial charge in [0.2, 0.25) is 47.3 Å². The Hall–Kier alpha value is -5.98. The molecular formula is C39H53N9O14S. The van der Waals surface area contributed by atoms with Crippen LogP contribution in [-0.2, 0) is 60.4 Å². The quantitative estimate of drug-likeness (QED) is 0.124. The fourth-order valence-corrected chi connectivity index (χ4v) is 9.03. The van der Waals surface area contributed by atoms with Gasteiger partial charge in [-0.25, -0.2) is 0 Å². The van der Waals surface area contributed by atoms with E-state index in [-0.39, 0.29) is 10.6 Å². The Morgan fingerprint density at radius 1 is 0.841 bits per heavy atom. The molecule has 0 radical (unpaired) electrons. The molecule has 8 amide bonds. The molecule has 24 heteroatoms. The first kappa shape index (κ1) is 48.1. The highest BCUT2D eigenvalue weighted by molar-refractivity contribution is 7.85. The van der Waals surface area contributed by atoms with Crippen molar-refractivity contribution in [2.75, 3.05) is 32.0 Å². The van der Waals surface area contributed by atoms with Crippen LogP contribution in [0.25, 0.3) is 10.9 Å².